The largest absolute Gasteiger partial charge is 0.321 e. The summed E-state index contributed by atoms with van der Waals surface area (Å²) in [6, 6.07) is 26.8. The molecule has 1 atom stereocenters. The van der Waals surface area contributed by atoms with E-state index in [4.69, 9.17) is 0 Å². The Bertz CT molecular complexity index is 1260. The highest BCUT2D eigenvalue weighted by molar-refractivity contribution is 8.05. The van der Waals surface area contributed by atoms with E-state index in [0.717, 1.165) is 17.5 Å². The van der Waals surface area contributed by atoms with Crippen LogP contribution in [0.1, 0.15) is 23.6 Å². The molecular formula is C28H25N3O2S. The van der Waals surface area contributed by atoms with Crippen molar-refractivity contribution in [1.82, 2.24) is 0 Å². The number of anilines is 2. The number of nitrogens with zero attached hydrogens (tertiary/aromatic N) is 2. The summed E-state index contributed by atoms with van der Waals surface area (Å²) in [6.07, 6.45) is 1.46. The molecule has 0 spiro atoms. The summed E-state index contributed by atoms with van der Waals surface area (Å²) in [6.45, 7) is 4.06. The number of carbonyl (C=O) groups is 2. The number of nitrogens with one attached hydrogen (secondary N) is 1. The Hall–Kier alpha value is -3.82. The summed E-state index contributed by atoms with van der Waals surface area (Å²) in [4.78, 5) is 28.1. The van der Waals surface area contributed by atoms with Crippen molar-refractivity contribution >= 4 is 35.0 Å². The zero-order chi connectivity index (χ0) is 24.1. The molecule has 5 nitrogen and oxygen atoms in total. The molecular weight excluding hydrogens is 442 g/mol. The summed E-state index contributed by atoms with van der Waals surface area (Å²) < 4.78 is 0. The zero-order valence-electron chi connectivity index (χ0n) is 19.1. The summed E-state index contributed by atoms with van der Waals surface area (Å²) >= 11 is 1.27. The molecule has 1 N–H and O–H groups in total. The lowest BCUT2D eigenvalue weighted by molar-refractivity contribution is -0.117. The summed E-state index contributed by atoms with van der Waals surface area (Å²) in [5.74, 6) is -0.669. The normalized spacial score (nSPS) is 16.8. The zero-order valence-corrected chi connectivity index (χ0v) is 19.9. The van der Waals surface area contributed by atoms with Crippen LogP contribution in [-0.4, -0.2) is 17.1 Å². The number of thioether (sulfide) groups is 1. The Kier molecular flexibility index (Phi) is 7.15. The molecule has 0 aromatic heterocycles. The predicted octanol–water partition coefficient (Wildman–Crippen LogP) is 5.62. The first-order chi connectivity index (χ1) is 16.5. The highest BCUT2D eigenvalue weighted by Gasteiger charge is 2.40. The second-order valence-electron chi connectivity index (χ2n) is 8.10. The van der Waals surface area contributed by atoms with Crippen molar-refractivity contribution in [1.29, 1.82) is 5.26 Å². The monoisotopic (exact) mass is 467 g/mol. The van der Waals surface area contributed by atoms with Gasteiger partial charge in [-0.2, -0.15) is 5.26 Å². The van der Waals surface area contributed by atoms with E-state index >= 15 is 0 Å². The van der Waals surface area contributed by atoms with Gasteiger partial charge in [-0.15, -0.1) is 0 Å². The molecule has 34 heavy (non-hydrogen) atoms. The molecule has 3 aromatic carbocycles. The smallest absolute Gasteiger partial charge is 0.269 e. The van der Waals surface area contributed by atoms with Gasteiger partial charge in [-0.25, -0.2) is 0 Å². The van der Waals surface area contributed by atoms with Gasteiger partial charge in [0.1, 0.15) is 16.7 Å². The van der Waals surface area contributed by atoms with E-state index in [1.165, 1.54) is 22.2 Å². The maximum absolute atomic E-state index is 13.5. The van der Waals surface area contributed by atoms with Crippen molar-refractivity contribution in [2.24, 2.45) is 0 Å². The summed E-state index contributed by atoms with van der Waals surface area (Å²) in [7, 11) is 0. The first-order valence-corrected chi connectivity index (χ1v) is 12.0. The number of aryl methyl sites for hydroxylation is 2. The van der Waals surface area contributed by atoms with Crippen LogP contribution >= 0.6 is 11.8 Å². The van der Waals surface area contributed by atoms with Crippen LogP contribution in [0.15, 0.2) is 89.5 Å². The Morgan fingerprint density at radius 1 is 1.00 bits per heavy atom. The van der Waals surface area contributed by atoms with Crippen LogP contribution in [0.25, 0.3) is 0 Å². The third kappa shape index (κ3) is 5.05. The fraction of sp³-hybridized carbons (Fsp3) is 0.179. The van der Waals surface area contributed by atoms with E-state index in [0.29, 0.717) is 22.8 Å². The quantitative estimate of drug-likeness (QED) is 0.377. The van der Waals surface area contributed by atoms with Gasteiger partial charge in [0.05, 0.1) is 5.25 Å². The molecule has 3 aromatic rings. The Balaban J connectivity index is 1.68. The van der Waals surface area contributed by atoms with Crippen molar-refractivity contribution in [3.63, 3.8) is 0 Å². The van der Waals surface area contributed by atoms with Crippen LogP contribution in [0.4, 0.5) is 11.4 Å². The summed E-state index contributed by atoms with van der Waals surface area (Å²) in [5, 5.41) is 12.7. The average Bonchev–Trinajstić information content (AvgIpc) is 3.17. The van der Waals surface area contributed by atoms with Crippen molar-refractivity contribution in [3.8, 4) is 6.07 Å². The van der Waals surface area contributed by atoms with Gasteiger partial charge in [-0.05, 0) is 55.2 Å². The number of benzene rings is 3. The minimum absolute atomic E-state index is 0.0772. The number of nitriles is 1. The average molecular weight is 468 g/mol. The number of hydrogen-bond acceptors (Lipinski definition) is 4. The number of hydrogen-bond donors (Lipinski definition) is 1. The lowest BCUT2D eigenvalue weighted by atomic mass is 10.1. The van der Waals surface area contributed by atoms with E-state index in [1.807, 2.05) is 67.6 Å². The van der Waals surface area contributed by atoms with E-state index < -0.39 is 11.2 Å². The van der Waals surface area contributed by atoms with Gasteiger partial charge < -0.3 is 5.32 Å². The van der Waals surface area contributed by atoms with Gasteiger partial charge in [-0.1, -0.05) is 78.8 Å². The van der Waals surface area contributed by atoms with Crippen LogP contribution in [0.3, 0.4) is 0 Å². The number of para-hydroxylation sites is 1. The molecule has 6 heteroatoms. The Labute approximate surface area is 204 Å². The minimum Gasteiger partial charge on any atom is -0.321 e. The third-order valence-electron chi connectivity index (χ3n) is 5.68. The van der Waals surface area contributed by atoms with Crippen molar-refractivity contribution in [2.45, 2.75) is 31.9 Å². The molecule has 1 fully saturated rings. The molecule has 4 rings (SSSR count). The molecule has 1 heterocycles. The van der Waals surface area contributed by atoms with Gasteiger partial charge in [0.2, 0.25) is 5.91 Å². The van der Waals surface area contributed by atoms with Crippen LogP contribution in [0, 0.1) is 18.3 Å². The standard InChI is InChI=1S/C28H25N3O2S/c1-3-20-11-13-21(14-12-20)17-25-27(33)31(23-7-5-4-6-8-23)28(34-25)24(18-29)26(32)30-22-15-9-19(2)10-16-22/h4-16,25H,3,17H2,1-2H3,(H,30,32)/b28-24-/t25-/m1/s1. The molecule has 0 bridgehead atoms. The number of amides is 2. The molecule has 0 unspecified atom stereocenters. The molecule has 170 valence electrons. The minimum atomic E-state index is -0.532. The number of rotatable bonds is 6. The Morgan fingerprint density at radius 2 is 1.65 bits per heavy atom. The SMILES string of the molecule is CCc1ccc(C[C@H]2S/C(=C(/C#N)C(=O)Nc3ccc(C)cc3)N(c3ccccc3)C2=O)cc1. The Morgan fingerprint density at radius 3 is 2.26 bits per heavy atom. The fourth-order valence-electron chi connectivity index (χ4n) is 3.75. The third-order valence-corrected chi connectivity index (χ3v) is 6.94. The maximum atomic E-state index is 13.5. The predicted molar refractivity (Wildman–Crippen MR) is 137 cm³/mol. The van der Waals surface area contributed by atoms with Crippen molar-refractivity contribution < 1.29 is 9.59 Å². The van der Waals surface area contributed by atoms with Crippen LogP contribution in [0.5, 0.6) is 0 Å². The molecule has 1 aliphatic heterocycles. The first kappa shape index (κ1) is 23.3. The second-order valence-corrected chi connectivity index (χ2v) is 9.29. The van der Waals surface area contributed by atoms with Crippen molar-refractivity contribution in [3.05, 3.63) is 106 Å². The topological polar surface area (TPSA) is 73.2 Å². The van der Waals surface area contributed by atoms with Gasteiger partial charge in [0.25, 0.3) is 5.91 Å². The lowest BCUT2D eigenvalue weighted by Gasteiger charge is -2.18. The van der Waals surface area contributed by atoms with E-state index in [9.17, 15) is 14.9 Å². The van der Waals surface area contributed by atoms with Gasteiger partial charge in [0, 0.05) is 11.4 Å². The van der Waals surface area contributed by atoms with Crippen LogP contribution in [-0.2, 0) is 22.4 Å². The fourth-order valence-corrected chi connectivity index (χ4v) is 5.06. The summed E-state index contributed by atoms with van der Waals surface area (Å²) in [5.41, 5.74) is 4.50. The van der Waals surface area contributed by atoms with Crippen molar-refractivity contribution in [2.75, 3.05) is 10.2 Å². The second kappa shape index (κ2) is 10.4. The van der Waals surface area contributed by atoms with Gasteiger partial charge in [-0.3, -0.25) is 14.5 Å². The first-order valence-electron chi connectivity index (χ1n) is 11.2. The lowest BCUT2D eigenvalue weighted by Crippen LogP contribution is -2.30. The van der Waals surface area contributed by atoms with E-state index in [-0.39, 0.29) is 11.5 Å². The molecule has 2 amide bonds. The molecule has 0 radical (unpaired) electrons. The van der Waals surface area contributed by atoms with Gasteiger partial charge in [0.15, 0.2) is 0 Å². The van der Waals surface area contributed by atoms with E-state index in [2.05, 4.69) is 24.4 Å². The van der Waals surface area contributed by atoms with Crippen LogP contribution in [0.2, 0.25) is 0 Å². The van der Waals surface area contributed by atoms with E-state index in [1.54, 1.807) is 12.1 Å². The molecule has 1 saturated heterocycles. The van der Waals surface area contributed by atoms with Crippen LogP contribution < -0.4 is 10.2 Å². The maximum Gasteiger partial charge on any atom is 0.269 e. The molecule has 1 aliphatic rings. The molecule has 0 saturated carbocycles. The highest BCUT2D eigenvalue weighted by atomic mass is 32.2. The number of carbonyl (C=O) groups excluding carboxylic acids is 2. The highest BCUT2D eigenvalue weighted by Crippen LogP contribution is 2.42. The molecule has 0 aliphatic carbocycles. The van der Waals surface area contributed by atoms with Gasteiger partial charge >= 0.3 is 0 Å².